The molecule has 14 nitrogen and oxygen atoms in total. The van der Waals surface area contributed by atoms with Gasteiger partial charge in [0.1, 0.15) is 18.2 Å². The predicted molar refractivity (Wildman–Crippen MR) is 210 cm³/mol. The molecule has 4 heterocycles. The summed E-state index contributed by atoms with van der Waals surface area (Å²) in [5.74, 6) is -1.15. The van der Waals surface area contributed by atoms with Gasteiger partial charge in [0.2, 0.25) is 5.28 Å². The number of thioether (sulfide) groups is 1. The van der Waals surface area contributed by atoms with E-state index in [1.54, 1.807) is 91.0 Å². The fourth-order valence-electron chi connectivity index (χ4n) is 6.24. The van der Waals surface area contributed by atoms with Gasteiger partial charge in [0.05, 0.1) is 23.0 Å². The third-order valence-corrected chi connectivity index (χ3v) is 10.2. The number of imidazole rings is 1. The Bertz CT molecular complexity index is 2490. The zero-order valence-electron chi connectivity index (χ0n) is 30.1. The number of nitrogens with zero attached hydrogens (tertiary/aromatic N) is 5. The van der Waals surface area contributed by atoms with Gasteiger partial charge in [-0.2, -0.15) is 9.97 Å². The summed E-state index contributed by atoms with van der Waals surface area (Å²) >= 11 is 7.95. The van der Waals surface area contributed by atoms with Crippen molar-refractivity contribution in [3.8, 4) is 0 Å². The first-order valence-electron chi connectivity index (χ1n) is 17.9. The molecule has 16 heteroatoms. The van der Waals surface area contributed by atoms with Gasteiger partial charge >= 0.3 is 17.9 Å². The van der Waals surface area contributed by atoms with Gasteiger partial charge in [-0.25, -0.2) is 24.4 Å². The van der Waals surface area contributed by atoms with Gasteiger partial charge in [-0.15, -0.1) is 0 Å². The number of esters is 3. The Balaban J connectivity index is 1.11. The van der Waals surface area contributed by atoms with Crippen molar-refractivity contribution in [2.24, 2.45) is 0 Å². The van der Waals surface area contributed by atoms with Gasteiger partial charge in [0.25, 0.3) is 5.22 Å². The molecule has 0 saturated carbocycles. The summed E-state index contributed by atoms with van der Waals surface area (Å²) in [7, 11) is 0. The Labute approximate surface area is 334 Å². The van der Waals surface area contributed by atoms with Crippen LogP contribution in [0.2, 0.25) is 5.28 Å². The molecule has 1 fully saturated rings. The van der Waals surface area contributed by atoms with Crippen LogP contribution in [-0.4, -0.2) is 79.1 Å². The highest BCUT2D eigenvalue weighted by Crippen LogP contribution is 2.38. The van der Waals surface area contributed by atoms with E-state index in [9.17, 15) is 14.4 Å². The zero-order valence-corrected chi connectivity index (χ0v) is 31.7. The number of hydrogen-bond donors (Lipinski definition) is 1. The van der Waals surface area contributed by atoms with Crippen LogP contribution in [0.1, 0.15) is 44.2 Å². The molecule has 4 aromatic carbocycles. The lowest BCUT2D eigenvalue weighted by Gasteiger charge is -2.25. The van der Waals surface area contributed by atoms with E-state index < -0.39 is 42.4 Å². The second-order valence-electron chi connectivity index (χ2n) is 13.0. The molecule has 5 atom stereocenters. The summed E-state index contributed by atoms with van der Waals surface area (Å²) in [6.07, 6.45) is -3.42. The summed E-state index contributed by atoms with van der Waals surface area (Å²) in [5, 5.41) is 3.79. The fraction of sp³-hybridized carbons (Fsp3) is 0.195. The van der Waals surface area contributed by atoms with Crippen LogP contribution in [0.3, 0.4) is 0 Å². The van der Waals surface area contributed by atoms with Crippen LogP contribution in [0.25, 0.3) is 22.3 Å². The molecular formula is C41H33ClN6O8S. The lowest BCUT2D eigenvalue weighted by atomic mass is 10.1. The van der Waals surface area contributed by atoms with Gasteiger partial charge in [-0.3, -0.25) is 4.57 Å². The second-order valence-corrected chi connectivity index (χ2v) is 14.3. The Morgan fingerprint density at radius 2 is 1.40 bits per heavy atom. The van der Waals surface area contributed by atoms with Crippen molar-refractivity contribution in [1.29, 1.82) is 0 Å². The first kappa shape index (κ1) is 37.6. The van der Waals surface area contributed by atoms with E-state index in [-0.39, 0.29) is 34.7 Å². The number of aromatic nitrogens is 5. The Morgan fingerprint density at radius 1 is 0.807 bits per heavy atom. The number of rotatable bonds is 13. The second kappa shape index (κ2) is 16.8. The van der Waals surface area contributed by atoms with Gasteiger partial charge in [0, 0.05) is 11.8 Å². The minimum atomic E-state index is -1.29. The molecule has 0 radical (unpaired) electrons. The minimum absolute atomic E-state index is 0.0956. The van der Waals surface area contributed by atoms with Crippen LogP contribution in [0.15, 0.2) is 131 Å². The number of para-hydroxylation sites is 2. The molecule has 1 aliphatic heterocycles. The first-order valence-corrected chi connectivity index (χ1v) is 19.2. The zero-order chi connectivity index (χ0) is 39.3. The molecule has 57 heavy (non-hydrogen) atoms. The third-order valence-electron chi connectivity index (χ3n) is 8.96. The molecule has 288 valence electrons. The van der Waals surface area contributed by atoms with E-state index in [0.29, 0.717) is 33.5 Å². The smallest absolute Gasteiger partial charge is 0.338 e. The molecule has 3 aromatic heterocycles. The minimum Gasteiger partial charge on any atom is -0.459 e. The molecule has 1 saturated heterocycles. The standard InChI is InChI=1S/C41H33ClN6O8S/c1-24(22-57-41-45-28-19-11-12-20-29(28)54-41)44-34-31-35(47-40(42)46-34)48(23-43-31)36-33(56-39(51)27-17-9-4-10-18-27)32(55-38(50)26-15-7-3-8-16-26)30(53-36)21-52-37(49)25-13-5-2-6-14-25/h2-20,23-24,30,32-33,36H,21-22H2,1H3,(H,44,46,47)/t24-,30-,32-,33-,36-/m1/s1/i23+2. The van der Waals surface area contributed by atoms with E-state index in [1.807, 2.05) is 31.2 Å². The van der Waals surface area contributed by atoms with Crippen LogP contribution in [0.4, 0.5) is 5.82 Å². The molecule has 1 aliphatic rings. The highest BCUT2D eigenvalue weighted by Gasteiger charge is 2.52. The average Bonchev–Trinajstić information content (AvgIpc) is 3.95. The maximum absolute atomic E-state index is 13.7. The molecule has 0 bridgehead atoms. The summed E-state index contributed by atoms with van der Waals surface area (Å²) in [6, 6.07) is 32.5. The van der Waals surface area contributed by atoms with E-state index in [4.69, 9.17) is 35.0 Å². The fourth-order valence-corrected chi connectivity index (χ4v) is 7.19. The number of fused-ring (bicyclic) bond motifs is 2. The summed E-state index contributed by atoms with van der Waals surface area (Å²) in [5.41, 5.74) is 2.85. The molecule has 1 N–H and O–H groups in total. The van der Waals surface area contributed by atoms with Crippen molar-refractivity contribution in [1.82, 2.24) is 24.5 Å². The van der Waals surface area contributed by atoms with Crippen LogP contribution >= 0.6 is 23.4 Å². The number of hydrogen-bond acceptors (Lipinski definition) is 14. The third kappa shape index (κ3) is 8.45. The van der Waals surface area contributed by atoms with Crippen molar-refractivity contribution >= 4 is 69.4 Å². The molecule has 0 unspecified atom stereocenters. The lowest BCUT2D eigenvalue weighted by molar-refractivity contribution is -0.0606. The van der Waals surface area contributed by atoms with Crippen molar-refractivity contribution < 1.29 is 37.7 Å². The van der Waals surface area contributed by atoms with Crippen molar-refractivity contribution in [2.75, 3.05) is 17.7 Å². The summed E-state index contributed by atoms with van der Waals surface area (Å²) < 4.78 is 31.8. The number of oxazole rings is 1. The Hall–Kier alpha value is -6.29. The van der Waals surface area contributed by atoms with Crippen molar-refractivity contribution in [3.05, 3.63) is 144 Å². The summed E-state index contributed by atoms with van der Waals surface area (Å²) in [4.78, 5) is 58.4. The maximum atomic E-state index is 13.7. The first-order chi connectivity index (χ1) is 27.8. The number of nitrogens with one attached hydrogen (secondary N) is 1. The molecule has 7 aromatic rings. The molecule has 0 amide bonds. The maximum Gasteiger partial charge on any atom is 0.338 e. The highest BCUT2D eigenvalue weighted by atomic mass is 35.5. The normalized spacial score (nSPS) is 18.3. The van der Waals surface area contributed by atoms with E-state index in [2.05, 4.69) is 25.3 Å². The number of carbonyl (C=O) groups is 3. The predicted octanol–water partition coefficient (Wildman–Crippen LogP) is 7.42. The van der Waals surface area contributed by atoms with E-state index >= 15 is 0 Å². The van der Waals surface area contributed by atoms with Crippen LogP contribution in [0, 0.1) is 0 Å². The van der Waals surface area contributed by atoms with Crippen molar-refractivity contribution in [2.45, 2.75) is 42.7 Å². The largest absolute Gasteiger partial charge is 0.459 e. The molecule has 0 spiro atoms. The molecular weight excluding hydrogens is 774 g/mol. The van der Waals surface area contributed by atoms with Gasteiger partial charge in [0.15, 0.2) is 41.0 Å². The van der Waals surface area contributed by atoms with Crippen LogP contribution in [-0.2, 0) is 18.9 Å². The summed E-state index contributed by atoms with van der Waals surface area (Å²) in [6.45, 7) is 1.60. The number of benzene rings is 4. The quantitative estimate of drug-likeness (QED) is 0.0529. The van der Waals surface area contributed by atoms with Gasteiger partial charge < -0.3 is 28.7 Å². The molecule has 8 rings (SSSR count). The number of halogens is 1. The van der Waals surface area contributed by atoms with Crippen LogP contribution in [0.5, 0.6) is 0 Å². The Morgan fingerprint density at radius 3 is 2.05 bits per heavy atom. The molecule has 0 aliphatic carbocycles. The average molecular weight is 807 g/mol. The van der Waals surface area contributed by atoms with E-state index in [0.717, 1.165) is 5.52 Å². The number of carbonyl (C=O) groups excluding carboxylic acids is 3. The monoisotopic (exact) mass is 806 g/mol. The van der Waals surface area contributed by atoms with Crippen LogP contribution < -0.4 is 5.32 Å². The van der Waals surface area contributed by atoms with Crippen molar-refractivity contribution in [3.63, 3.8) is 0 Å². The van der Waals surface area contributed by atoms with E-state index in [1.165, 1.54) is 22.7 Å². The Kier molecular flexibility index (Phi) is 11.1. The lowest BCUT2D eigenvalue weighted by Crippen LogP contribution is -2.41. The van der Waals surface area contributed by atoms with Gasteiger partial charge in [-0.05, 0) is 67.1 Å². The topological polar surface area (TPSA) is 170 Å². The number of ether oxygens (including phenoxy) is 4. The highest BCUT2D eigenvalue weighted by molar-refractivity contribution is 7.99. The SMILES string of the molecule is C[C@H](CSc1nc2ccccc2o1)Nc1nc(Cl)nc2c1n[14cH]n2[C@@H]1O[C@H](COC(=O)c2ccccc2)[C@@H](OC(=O)c2ccccc2)[C@H]1OC(=O)c1ccccc1. The number of anilines is 1. The van der Waals surface area contributed by atoms with Gasteiger partial charge in [-0.1, -0.05) is 78.5 Å².